The Morgan fingerprint density at radius 1 is 1.03 bits per heavy atom. The molecule has 0 aliphatic carbocycles. The first-order valence-electron chi connectivity index (χ1n) is 12.7. The largest absolute Gasteiger partial charge is 0.443 e. The summed E-state index contributed by atoms with van der Waals surface area (Å²) in [5, 5.41) is 10.9. The number of hydrogen-bond acceptors (Lipinski definition) is 6. The second kappa shape index (κ2) is 10.9. The number of anilines is 2. The van der Waals surface area contributed by atoms with Gasteiger partial charge in [-0.1, -0.05) is 25.0 Å². The minimum atomic E-state index is -1.29. The number of aliphatic hydroxyl groups is 1. The van der Waals surface area contributed by atoms with Crippen LogP contribution in [0.25, 0.3) is 0 Å². The monoisotopic (exact) mass is 511 g/mol. The van der Waals surface area contributed by atoms with Gasteiger partial charge in [0.15, 0.2) is 0 Å². The lowest BCUT2D eigenvalue weighted by Gasteiger charge is -2.30. The van der Waals surface area contributed by atoms with Gasteiger partial charge >= 0.3 is 6.09 Å². The lowest BCUT2D eigenvalue weighted by molar-refractivity contribution is 0.0504. The highest BCUT2D eigenvalue weighted by Crippen LogP contribution is 2.29. The number of β-amino-alcohol motifs (C(OH)–C–C–N with tert-alkyl or cyclic N) is 1. The fraction of sp³-hybridized carbons (Fsp3) is 0.464. The van der Waals surface area contributed by atoms with Crippen LogP contribution in [0, 0.1) is 5.82 Å². The first-order valence-corrected chi connectivity index (χ1v) is 12.7. The van der Waals surface area contributed by atoms with Gasteiger partial charge in [0, 0.05) is 13.1 Å². The zero-order chi connectivity index (χ0) is 26.7. The molecule has 1 atom stereocenters. The molecule has 0 saturated carbocycles. The molecule has 0 aromatic heterocycles. The van der Waals surface area contributed by atoms with Crippen LogP contribution in [0.5, 0.6) is 0 Å². The van der Waals surface area contributed by atoms with E-state index in [-0.39, 0.29) is 29.9 Å². The normalized spacial score (nSPS) is 16.9. The van der Waals surface area contributed by atoms with Gasteiger partial charge in [0.1, 0.15) is 11.4 Å². The van der Waals surface area contributed by atoms with Crippen molar-refractivity contribution in [3.63, 3.8) is 0 Å². The number of aliphatic hydroxyl groups excluding tert-OH is 1. The summed E-state index contributed by atoms with van der Waals surface area (Å²) >= 11 is 0. The number of halogens is 1. The highest BCUT2D eigenvalue weighted by molar-refractivity contribution is 6.21. The molecule has 0 unspecified atom stereocenters. The molecule has 198 valence electrons. The standard InChI is InChI=1S/C28H34FN3O5/c1-28(2,3)37-27(36)31(19-12-13-24(23(29)16-19)30-14-8-4-5-9-15-30)17-20(33)18-32-25(34)21-10-6-7-11-22(21)26(32)35/h6-7,10-13,16,20,33H,4-5,8-9,14-15,17-18H2,1-3H3/t20-/m1/s1. The summed E-state index contributed by atoms with van der Waals surface area (Å²) < 4.78 is 20.8. The maximum Gasteiger partial charge on any atom is 0.414 e. The second-order valence-electron chi connectivity index (χ2n) is 10.5. The number of benzene rings is 2. The minimum absolute atomic E-state index is 0.215. The van der Waals surface area contributed by atoms with Gasteiger partial charge in [-0.15, -0.1) is 0 Å². The van der Waals surface area contributed by atoms with Crippen LogP contribution in [0.3, 0.4) is 0 Å². The molecule has 0 spiro atoms. The first-order chi connectivity index (χ1) is 17.5. The molecule has 1 N–H and O–H groups in total. The average molecular weight is 512 g/mol. The zero-order valence-corrected chi connectivity index (χ0v) is 21.6. The Balaban J connectivity index is 1.54. The number of amides is 3. The number of nitrogens with zero attached hydrogens (tertiary/aromatic N) is 3. The highest BCUT2D eigenvalue weighted by atomic mass is 19.1. The Labute approximate surface area is 216 Å². The summed E-state index contributed by atoms with van der Waals surface area (Å²) in [5.74, 6) is -1.48. The van der Waals surface area contributed by atoms with E-state index < -0.39 is 35.4 Å². The summed E-state index contributed by atoms with van der Waals surface area (Å²) in [6.45, 7) is 6.05. The third-order valence-electron chi connectivity index (χ3n) is 6.47. The van der Waals surface area contributed by atoms with Crippen LogP contribution in [0.1, 0.15) is 67.2 Å². The van der Waals surface area contributed by atoms with Gasteiger partial charge in [0.25, 0.3) is 11.8 Å². The molecule has 2 heterocycles. The SMILES string of the molecule is CC(C)(C)OC(=O)N(C[C@@H](O)CN1C(=O)c2ccccc2C1=O)c1ccc(N2CCCCCC2)c(F)c1. The van der Waals surface area contributed by atoms with E-state index in [4.69, 9.17) is 4.74 Å². The van der Waals surface area contributed by atoms with Crippen molar-refractivity contribution in [1.29, 1.82) is 0 Å². The molecular formula is C28H34FN3O5. The van der Waals surface area contributed by atoms with Gasteiger partial charge in [0.2, 0.25) is 0 Å². The molecule has 2 aromatic carbocycles. The number of imide groups is 1. The molecule has 8 nitrogen and oxygen atoms in total. The molecule has 0 bridgehead atoms. The third-order valence-corrected chi connectivity index (χ3v) is 6.47. The van der Waals surface area contributed by atoms with E-state index in [0.717, 1.165) is 48.6 Å². The van der Waals surface area contributed by atoms with Crippen LogP contribution in [0.4, 0.5) is 20.6 Å². The van der Waals surface area contributed by atoms with E-state index in [0.29, 0.717) is 5.69 Å². The Morgan fingerprint density at radius 2 is 1.62 bits per heavy atom. The molecule has 2 aromatic rings. The molecule has 1 saturated heterocycles. The van der Waals surface area contributed by atoms with E-state index in [1.807, 2.05) is 4.90 Å². The van der Waals surface area contributed by atoms with Gasteiger partial charge in [-0.25, -0.2) is 9.18 Å². The predicted molar refractivity (Wildman–Crippen MR) is 138 cm³/mol. The molecule has 1 fully saturated rings. The zero-order valence-electron chi connectivity index (χ0n) is 21.6. The average Bonchev–Trinajstić information content (AvgIpc) is 3.02. The Hall–Kier alpha value is -3.46. The lowest BCUT2D eigenvalue weighted by Crippen LogP contribution is -2.46. The fourth-order valence-corrected chi connectivity index (χ4v) is 4.72. The summed E-state index contributed by atoms with van der Waals surface area (Å²) in [4.78, 5) is 42.6. The Morgan fingerprint density at radius 3 is 2.16 bits per heavy atom. The van der Waals surface area contributed by atoms with Crippen LogP contribution in [0.2, 0.25) is 0 Å². The third kappa shape index (κ3) is 6.10. The fourth-order valence-electron chi connectivity index (χ4n) is 4.72. The van der Waals surface area contributed by atoms with Crippen molar-refractivity contribution in [2.45, 2.75) is 58.2 Å². The molecule has 2 aliphatic rings. The van der Waals surface area contributed by atoms with Crippen LogP contribution in [-0.2, 0) is 4.74 Å². The van der Waals surface area contributed by atoms with Gasteiger partial charge in [-0.3, -0.25) is 19.4 Å². The van der Waals surface area contributed by atoms with E-state index in [1.54, 1.807) is 57.2 Å². The lowest BCUT2D eigenvalue weighted by atomic mass is 10.1. The first kappa shape index (κ1) is 26.6. The Bertz CT molecular complexity index is 1140. The number of carbonyl (C=O) groups excluding carboxylic acids is 3. The van der Waals surface area contributed by atoms with E-state index in [9.17, 15) is 19.5 Å². The number of hydrogen-bond donors (Lipinski definition) is 1. The van der Waals surface area contributed by atoms with Crippen molar-refractivity contribution in [2.24, 2.45) is 0 Å². The summed E-state index contributed by atoms with van der Waals surface area (Å²) in [6.07, 6.45) is 2.17. The molecule has 3 amide bonds. The van der Waals surface area contributed by atoms with E-state index in [2.05, 4.69) is 0 Å². The smallest absolute Gasteiger partial charge is 0.414 e. The van der Waals surface area contributed by atoms with Gasteiger partial charge in [-0.2, -0.15) is 0 Å². The highest BCUT2D eigenvalue weighted by Gasteiger charge is 2.37. The predicted octanol–water partition coefficient (Wildman–Crippen LogP) is 4.60. The maximum absolute atomic E-state index is 15.3. The van der Waals surface area contributed by atoms with Crippen molar-refractivity contribution < 1.29 is 28.6 Å². The molecule has 0 radical (unpaired) electrons. The van der Waals surface area contributed by atoms with Gasteiger partial charge < -0.3 is 14.7 Å². The van der Waals surface area contributed by atoms with Crippen molar-refractivity contribution in [1.82, 2.24) is 4.90 Å². The van der Waals surface area contributed by atoms with Crippen LogP contribution in [0.15, 0.2) is 42.5 Å². The topological polar surface area (TPSA) is 90.4 Å². The summed E-state index contributed by atoms with van der Waals surface area (Å²) in [5.41, 5.74) is 0.408. The van der Waals surface area contributed by atoms with E-state index >= 15 is 4.39 Å². The number of rotatable bonds is 6. The van der Waals surface area contributed by atoms with Crippen LogP contribution >= 0.6 is 0 Å². The summed E-state index contributed by atoms with van der Waals surface area (Å²) in [7, 11) is 0. The molecular weight excluding hydrogens is 477 g/mol. The summed E-state index contributed by atoms with van der Waals surface area (Å²) in [6, 6.07) is 11.0. The van der Waals surface area contributed by atoms with Gasteiger partial charge in [0.05, 0.1) is 41.7 Å². The van der Waals surface area contributed by atoms with Gasteiger partial charge in [-0.05, 0) is 63.9 Å². The van der Waals surface area contributed by atoms with Crippen molar-refractivity contribution >= 4 is 29.3 Å². The second-order valence-corrected chi connectivity index (χ2v) is 10.5. The van der Waals surface area contributed by atoms with Crippen molar-refractivity contribution in [3.05, 3.63) is 59.4 Å². The van der Waals surface area contributed by atoms with Crippen LogP contribution in [-0.4, -0.2) is 65.8 Å². The van der Waals surface area contributed by atoms with Crippen molar-refractivity contribution in [3.8, 4) is 0 Å². The quantitative estimate of drug-likeness (QED) is 0.570. The number of ether oxygens (including phenoxy) is 1. The molecule has 9 heteroatoms. The Kier molecular flexibility index (Phi) is 7.82. The number of carbonyl (C=O) groups is 3. The molecule has 37 heavy (non-hydrogen) atoms. The van der Waals surface area contributed by atoms with Crippen LogP contribution < -0.4 is 9.80 Å². The van der Waals surface area contributed by atoms with Crippen molar-refractivity contribution in [2.75, 3.05) is 36.0 Å². The molecule has 2 aliphatic heterocycles. The maximum atomic E-state index is 15.3. The molecule has 4 rings (SSSR count). The minimum Gasteiger partial charge on any atom is -0.443 e. The number of fused-ring (bicyclic) bond motifs is 1. The van der Waals surface area contributed by atoms with E-state index in [1.165, 1.54) is 6.07 Å².